The third kappa shape index (κ3) is 4.70. The van der Waals surface area contributed by atoms with Gasteiger partial charge in [0.1, 0.15) is 11.5 Å². The molecule has 8 heteroatoms. The van der Waals surface area contributed by atoms with E-state index >= 15 is 0 Å². The fourth-order valence-electron chi connectivity index (χ4n) is 3.26. The van der Waals surface area contributed by atoms with Crippen LogP contribution in [0.2, 0.25) is 0 Å². The lowest BCUT2D eigenvalue weighted by atomic mass is 10.0. The molecule has 0 aliphatic carbocycles. The summed E-state index contributed by atoms with van der Waals surface area (Å²) in [7, 11) is -2.13. The number of benzene rings is 1. The van der Waals surface area contributed by atoms with Crippen molar-refractivity contribution in [2.45, 2.75) is 43.2 Å². The number of ether oxygens (including phenoxy) is 1. The average molecular weight is 392 g/mol. The van der Waals surface area contributed by atoms with Gasteiger partial charge < -0.3 is 14.5 Å². The van der Waals surface area contributed by atoms with Gasteiger partial charge in [-0.25, -0.2) is 8.42 Å². The number of furan rings is 1. The molecule has 1 saturated heterocycles. The van der Waals surface area contributed by atoms with Gasteiger partial charge in [-0.2, -0.15) is 4.31 Å². The Morgan fingerprint density at radius 1 is 1.26 bits per heavy atom. The molecule has 3 rings (SSSR count). The smallest absolute Gasteiger partial charge is 0.243 e. The molecule has 1 amide bonds. The van der Waals surface area contributed by atoms with Crippen molar-refractivity contribution in [2.24, 2.45) is 0 Å². The van der Waals surface area contributed by atoms with E-state index in [4.69, 9.17) is 9.15 Å². The van der Waals surface area contributed by atoms with E-state index in [1.165, 1.54) is 23.5 Å². The van der Waals surface area contributed by atoms with Gasteiger partial charge in [-0.15, -0.1) is 0 Å². The quantitative estimate of drug-likeness (QED) is 0.782. The van der Waals surface area contributed by atoms with Gasteiger partial charge in [0.2, 0.25) is 15.9 Å². The van der Waals surface area contributed by atoms with Crippen LogP contribution in [0.15, 0.2) is 52.0 Å². The maximum Gasteiger partial charge on any atom is 0.243 e. The molecule has 1 fully saturated rings. The van der Waals surface area contributed by atoms with E-state index in [1.807, 2.05) is 0 Å². The molecule has 2 aromatic rings. The Labute approximate surface area is 159 Å². The SMILES string of the molecule is COc1ccc(S(=O)(=O)N2CCCC[C@H]2CC(=O)NCc2ccco2)cc1. The summed E-state index contributed by atoms with van der Waals surface area (Å²) in [6, 6.07) is 9.52. The van der Waals surface area contributed by atoms with E-state index in [0.717, 1.165) is 12.8 Å². The number of nitrogens with zero attached hydrogens (tertiary/aromatic N) is 1. The number of piperidine rings is 1. The second-order valence-electron chi connectivity index (χ2n) is 6.50. The first kappa shape index (κ1) is 19.4. The molecule has 1 aromatic carbocycles. The van der Waals surface area contributed by atoms with Gasteiger partial charge in [0.05, 0.1) is 24.8 Å². The minimum Gasteiger partial charge on any atom is -0.497 e. The highest BCUT2D eigenvalue weighted by Crippen LogP contribution is 2.28. The zero-order chi connectivity index (χ0) is 19.3. The monoisotopic (exact) mass is 392 g/mol. The van der Waals surface area contributed by atoms with E-state index in [9.17, 15) is 13.2 Å². The molecule has 0 spiro atoms. The maximum atomic E-state index is 13.1. The lowest BCUT2D eigenvalue weighted by Crippen LogP contribution is -2.45. The van der Waals surface area contributed by atoms with Crippen LogP contribution in [0.5, 0.6) is 5.75 Å². The van der Waals surface area contributed by atoms with Crippen molar-refractivity contribution in [3.8, 4) is 5.75 Å². The topological polar surface area (TPSA) is 88.9 Å². The molecule has 0 saturated carbocycles. The van der Waals surface area contributed by atoms with Crippen molar-refractivity contribution >= 4 is 15.9 Å². The van der Waals surface area contributed by atoms with Crippen molar-refractivity contribution in [2.75, 3.05) is 13.7 Å². The van der Waals surface area contributed by atoms with Gasteiger partial charge in [0, 0.05) is 19.0 Å². The van der Waals surface area contributed by atoms with Gasteiger partial charge in [0.15, 0.2) is 0 Å². The Morgan fingerprint density at radius 3 is 2.70 bits per heavy atom. The van der Waals surface area contributed by atoms with E-state index in [1.54, 1.807) is 30.5 Å². The van der Waals surface area contributed by atoms with Crippen molar-refractivity contribution in [3.63, 3.8) is 0 Å². The summed E-state index contributed by atoms with van der Waals surface area (Å²) in [4.78, 5) is 12.5. The highest BCUT2D eigenvalue weighted by molar-refractivity contribution is 7.89. The standard InChI is InChI=1S/C19H24N2O5S/c1-25-16-7-9-18(10-8-16)27(23,24)21-11-3-2-5-15(21)13-19(22)20-14-17-6-4-12-26-17/h4,6-10,12,15H,2-3,5,11,13-14H2,1H3,(H,20,22)/t15-/m0/s1. The van der Waals surface area contributed by atoms with Crippen molar-refractivity contribution in [3.05, 3.63) is 48.4 Å². The fourth-order valence-corrected chi connectivity index (χ4v) is 4.96. The normalized spacial score (nSPS) is 18.2. The Morgan fingerprint density at radius 2 is 2.04 bits per heavy atom. The van der Waals surface area contributed by atoms with Crippen LogP contribution in [0, 0.1) is 0 Å². The predicted molar refractivity (Wildman–Crippen MR) is 99.7 cm³/mol. The summed E-state index contributed by atoms with van der Waals surface area (Å²) < 4.78 is 37.9. The Hall–Kier alpha value is -2.32. The molecular formula is C19H24N2O5S. The van der Waals surface area contributed by atoms with Gasteiger partial charge in [0.25, 0.3) is 0 Å². The fraction of sp³-hybridized carbons (Fsp3) is 0.421. The summed E-state index contributed by atoms with van der Waals surface area (Å²) in [6.07, 6.45) is 4.05. The maximum absolute atomic E-state index is 13.1. The number of methoxy groups -OCH3 is 1. The molecule has 0 bridgehead atoms. The van der Waals surface area contributed by atoms with Gasteiger partial charge in [-0.1, -0.05) is 6.42 Å². The number of nitrogens with one attached hydrogen (secondary N) is 1. The van der Waals surface area contributed by atoms with Crippen LogP contribution < -0.4 is 10.1 Å². The van der Waals surface area contributed by atoms with Crippen LogP contribution in [-0.4, -0.2) is 38.3 Å². The Balaban J connectivity index is 1.69. The molecule has 1 aliphatic rings. The Bertz CT molecular complexity index is 847. The summed E-state index contributed by atoms with van der Waals surface area (Å²) in [6.45, 7) is 0.717. The molecular weight excluding hydrogens is 368 g/mol. The zero-order valence-corrected chi connectivity index (χ0v) is 16.1. The molecule has 1 aromatic heterocycles. The van der Waals surface area contributed by atoms with Gasteiger partial charge >= 0.3 is 0 Å². The van der Waals surface area contributed by atoms with Crippen molar-refractivity contribution in [1.82, 2.24) is 9.62 Å². The van der Waals surface area contributed by atoms with Crippen LogP contribution in [-0.2, 0) is 21.4 Å². The summed E-state index contributed by atoms with van der Waals surface area (Å²) in [5.41, 5.74) is 0. The minimum atomic E-state index is -3.66. The van der Waals surface area contributed by atoms with Gasteiger partial charge in [-0.05, 0) is 49.2 Å². The molecule has 27 heavy (non-hydrogen) atoms. The third-order valence-corrected chi connectivity index (χ3v) is 6.67. The molecule has 0 unspecified atom stereocenters. The lowest BCUT2D eigenvalue weighted by Gasteiger charge is -2.34. The summed E-state index contributed by atoms with van der Waals surface area (Å²) >= 11 is 0. The van der Waals surface area contributed by atoms with Crippen LogP contribution >= 0.6 is 0 Å². The van der Waals surface area contributed by atoms with E-state index in [0.29, 0.717) is 31.0 Å². The predicted octanol–water partition coefficient (Wildman–Crippen LogP) is 2.54. The number of hydrogen-bond acceptors (Lipinski definition) is 5. The number of amides is 1. The molecule has 0 radical (unpaired) electrons. The molecule has 146 valence electrons. The number of carbonyl (C=O) groups is 1. The zero-order valence-electron chi connectivity index (χ0n) is 15.3. The average Bonchev–Trinajstić information content (AvgIpc) is 3.20. The Kier molecular flexibility index (Phi) is 6.18. The van der Waals surface area contributed by atoms with E-state index in [-0.39, 0.29) is 23.3 Å². The first-order valence-electron chi connectivity index (χ1n) is 8.95. The van der Waals surface area contributed by atoms with Crippen molar-refractivity contribution in [1.29, 1.82) is 0 Å². The van der Waals surface area contributed by atoms with Crippen LogP contribution in [0.25, 0.3) is 0 Å². The lowest BCUT2D eigenvalue weighted by molar-refractivity contribution is -0.122. The van der Waals surface area contributed by atoms with E-state index < -0.39 is 10.0 Å². The highest BCUT2D eigenvalue weighted by atomic mass is 32.2. The highest BCUT2D eigenvalue weighted by Gasteiger charge is 2.34. The molecule has 7 nitrogen and oxygen atoms in total. The van der Waals surface area contributed by atoms with Crippen molar-refractivity contribution < 1.29 is 22.4 Å². The largest absolute Gasteiger partial charge is 0.497 e. The first-order chi connectivity index (χ1) is 13.0. The summed E-state index contributed by atoms with van der Waals surface area (Å²) in [5.74, 6) is 1.07. The number of sulfonamides is 1. The number of rotatable bonds is 7. The van der Waals surface area contributed by atoms with Crippen LogP contribution in [0.3, 0.4) is 0 Å². The molecule has 1 N–H and O–H groups in total. The summed E-state index contributed by atoms with van der Waals surface area (Å²) in [5, 5.41) is 2.79. The van der Waals surface area contributed by atoms with Crippen LogP contribution in [0.1, 0.15) is 31.4 Å². The molecule has 2 heterocycles. The second-order valence-corrected chi connectivity index (χ2v) is 8.39. The second kappa shape index (κ2) is 8.58. The first-order valence-corrected chi connectivity index (χ1v) is 10.4. The number of hydrogen-bond donors (Lipinski definition) is 1. The van der Waals surface area contributed by atoms with Crippen LogP contribution in [0.4, 0.5) is 0 Å². The third-order valence-electron chi connectivity index (χ3n) is 4.70. The molecule has 1 aliphatic heterocycles. The van der Waals surface area contributed by atoms with Gasteiger partial charge in [-0.3, -0.25) is 4.79 Å². The van der Waals surface area contributed by atoms with E-state index in [2.05, 4.69) is 5.32 Å². The minimum absolute atomic E-state index is 0.135. The molecule has 1 atom stereocenters. The number of carbonyl (C=O) groups excluding carboxylic acids is 1.